The number of nitrogens with zero attached hydrogens (tertiary/aromatic N) is 3. The fourth-order valence-electron chi connectivity index (χ4n) is 2.39. The molecule has 3 aromatic rings. The second-order valence-electron chi connectivity index (χ2n) is 5.95. The van der Waals surface area contributed by atoms with Gasteiger partial charge in [0.05, 0.1) is 16.4 Å². The summed E-state index contributed by atoms with van der Waals surface area (Å²) in [6.07, 6.45) is 5.65. The van der Waals surface area contributed by atoms with E-state index in [1.165, 1.54) is 5.56 Å². The van der Waals surface area contributed by atoms with Crippen LogP contribution in [-0.4, -0.2) is 30.8 Å². The topological polar surface area (TPSA) is 81.2 Å². The minimum atomic E-state index is -1.50. The maximum absolute atomic E-state index is 8.36. The van der Waals surface area contributed by atoms with Crippen LogP contribution in [0.25, 0.3) is 0 Å². The maximum atomic E-state index is 8.36. The van der Waals surface area contributed by atoms with Crippen LogP contribution in [0.5, 0.6) is 0 Å². The van der Waals surface area contributed by atoms with Gasteiger partial charge in [0.2, 0.25) is 0 Å². The van der Waals surface area contributed by atoms with Gasteiger partial charge < -0.3 is 9.77 Å². The van der Waals surface area contributed by atoms with Crippen molar-refractivity contribution in [3.05, 3.63) is 91.9 Å². The van der Waals surface area contributed by atoms with Gasteiger partial charge in [0.1, 0.15) is 0 Å². The van der Waals surface area contributed by atoms with Gasteiger partial charge in [-0.05, 0) is 35.9 Å². The molecular formula is C19H18Cl3N3O3S2. The zero-order chi connectivity index (χ0) is 21.9. The lowest BCUT2D eigenvalue weighted by atomic mass is 10.2. The third-order valence-electron chi connectivity index (χ3n) is 3.65. The number of hydrogen-bond donors (Lipinski definition) is 1. The minimum Gasteiger partial charge on any atom is -0.336 e. The first-order valence-electron chi connectivity index (χ1n) is 8.56. The Hall–Kier alpha value is -1.58. The summed E-state index contributed by atoms with van der Waals surface area (Å²) in [4.78, 5) is 13.6. The molecule has 1 aromatic heterocycles. The number of thioether (sulfide) groups is 2. The highest BCUT2D eigenvalue weighted by atomic mass is 35.5. The molecule has 160 valence electrons. The number of hydrogen-bond acceptors (Lipinski definition) is 5. The molecule has 2 aromatic carbocycles. The average Bonchev–Trinajstić information content (AvgIpc) is 3.19. The Morgan fingerprint density at radius 2 is 1.83 bits per heavy atom. The van der Waals surface area contributed by atoms with Crippen LogP contribution < -0.4 is 0 Å². The van der Waals surface area contributed by atoms with Gasteiger partial charge in [-0.2, -0.15) is 11.8 Å². The molecule has 1 unspecified atom stereocenters. The molecular weight excluding hydrogens is 489 g/mol. The third-order valence-corrected chi connectivity index (χ3v) is 7.21. The molecule has 0 aliphatic carbocycles. The lowest BCUT2D eigenvalue weighted by molar-refractivity contribution is -0.742. The van der Waals surface area contributed by atoms with Crippen molar-refractivity contribution in [3.63, 3.8) is 0 Å². The predicted octanol–water partition coefficient (Wildman–Crippen LogP) is 6.59. The predicted molar refractivity (Wildman–Crippen MR) is 125 cm³/mol. The Morgan fingerprint density at radius 1 is 1.13 bits per heavy atom. The molecule has 0 aliphatic rings. The highest BCUT2D eigenvalue weighted by Crippen LogP contribution is 2.32. The summed E-state index contributed by atoms with van der Waals surface area (Å²) in [5, 5.41) is 16.0. The molecule has 0 radical (unpaired) electrons. The molecule has 11 heteroatoms. The van der Waals surface area contributed by atoms with Crippen molar-refractivity contribution in [3.8, 4) is 0 Å². The van der Waals surface area contributed by atoms with Crippen molar-refractivity contribution in [2.75, 3.05) is 5.75 Å². The number of rotatable bonds is 8. The molecule has 30 heavy (non-hydrogen) atoms. The fourth-order valence-corrected chi connectivity index (χ4v) is 5.31. The van der Waals surface area contributed by atoms with Crippen LogP contribution in [-0.2, 0) is 12.3 Å². The van der Waals surface area contributed by atoms with Gasteiger partial charge >= 0.3 is 0 Å². The molecule has 0 spiro atoms. The SMILES string of the molecule is Clc1ccc(CSCC(Cn2ccnc2)Sc2ccc(Cl)c(Cl)c2)cc1.O=[N+]([O-])O. The quantitative estimate of drug-likeness (QED) is 0.211. The van der Waals surface area contributed by atoms with E-state index in [0.717, 1.165) is 28.0 Å². The van der Waals surface area contributed by atoms with Crippen LogP contribution in [0.3, 0.4) is 0 Å². The van der Waals surface area contributed by atoms with Crippen molar-refractivity contribution >= 4 is 58.3 Å². The Balaban J connectivity index is 0.000000735. The molecule has 1 N–H and O–H groups in total. The minimum absolute atomic E-state index is 0.388. The summed E-state index contributed by atoms with van der Waals surface area (Å²) in [6, 6.07) is 13.8. The highest BCUT2D eigenvalue weighted by molar-refractivity contribution is 8.03. The molecule has 6 nitrogen and oxygen atoms in total. The van der Waals surface area contributed by atoms with Gasteiger partial charge in [-0.3, -0.25) is 0 Å². The van der Waals surface area contributed by atoms with Gasteiger partial charge in [-0.25, -0.2) is 4.98 Å². The summed E-state index contributed by atoms with van der Waals surface area (Å²) in [7, 11) is 0. The van der Waals surface area contributed by atoms with Crippen LogP contribution >= 0.6 is 58.3 Å². The van der Waals surface area contributed by atoms with Gasteiger partial charge in [0.25, 0.3) is 5.09 Å². The van der Waals surface area contributed by atoms with E-state index in [2.05, 4.69) is 21.7 Å². The van der Waals surface area contributed by atoms with E-state index in [9.17, 15) is 0 Å². The zero-order valence-electron chi connectivity index (χ0n) is 15.5. The van der Waals surface area contributed by atoms with E-state index in [4.69, 9.17) is 50.1 Å². The van der Waals surface area contributed by atoms with Gasteiger partial charge in [0, 0.05) is 45.6 Å². The van der Waals surface area contributed by atoms with Gasteiger partial charge in [0.15, 0.2) is 0 Å². The van der Waals surface area contributed by atoms with Gasteiger partial charge in [-0.15, -0.1) is 21.9 Å². The molecule has 0 bridgehead atoms. The maximum Gasteiger partial charge on any atom is 0.291 e. The smallest absolute Gasteiger partial charge is 0.291 e. The van der Waals surface area contributed by atoms with E-state index in [1.807, 2.05) is 72.6 Å². The Kier molecular flexibility index (Phi) is 10.7. The fraction of sp³-hybridized carbons (Fsp3) is 0.211. The van der Waals surface area contributed by atoms with Crippen molar-refractivity contribution in [1.82, 2.24) is 9.55 Å². The third kappa shape index (κ3) is 9.49. The second-order valence-corrected chi connectivity index (χ2v) is 9.61. The lowest BCUT2D eigenvalue weighted by Gasteiger charge is -2.17. The van der Waals surface area contributed by atoms with E-state index in [-0.39, 0.29) is 0 Å². The highest BCUT2D eigenvalue weighted by Gasteiger charge is 2.13. The average molecular weight is 507 g/mol. The van der Waals surface area contributed by atoms with Crippen molar-refractivity contribution in [1.29, 1.82) is 0 Å². The number of halogens is 3. The number of benzene rings is 2. The normalized spacial score (nSPS) is 11.4. The summed E-state index contributed by atoms with van der Waals surface area (Å²) >= 11 is 21.9. The van der Waals surface area contributed by atoms with E-state index >= 15 is 0 Å². The summed E-state index contributed by atoms with van der Waals surface area (Å²) in [5.41, 5.74) is 1.28. The Bertz CT molecular complexity index is 925. The van der Waals surface area contributed by atoms with Crippen LogP contribution in [0, 0.1) is 10.1 Å². The summed E-state index contributed by atoms with van der Waals surface area (Å²) in [5.74, 6) is 1.96. The molecule has 0 fully saturated rings. The standard InChI is InChI=1S/C19H17Cl3N2S2.HNO3/c20-15-3-1-14(2-4-15)11-25-12-17(10-24-8-7-23-13-24)26-16-5-6-18(21)19(22)9-16;2-1(3)4/h1-9,13,17H,10-12H2;(H,2,3,4). The molecule has 1 heterocycles. The molecule has 3 rings (SSSR count). The van der Waals surface area contributed by atoms with Crippen LogP contribution in [0.1, 0.15) is 5.56 Å². The molecule has 0 aliphatic heterocycles. The molecule has 0 saturated carbocycles. The molecule has 0 amide bonds. The number of imidazole rings is 1. The lowest BCUT2D eigenvalue weighted by Crippen LogP contribution is -2.15. The number of aromatic nitrogens is 2. The summed E-state index contributed by atoms with van der Waals surface area (Å²) < 4.78 is 2.11. The largest absolute Gasteiger partial charge is 0.336 e. The van der Waals surface area contributed by atoms with Crippen molar-refractivity contribution in [2.45, 2.75) is 22.4 Å². The Labute approximate surface area is 197 Å². The first-order valence-corrected chi connectivity index (χ1v) is 11.7. The zero-order valence-corrected chi connectivity index (χ0v) is 19.4. The van der Waals surface area contributed by atoms with E-state index < -0.39 is 5.09 Å². The van der Waals surface area contributed by atoms with Crippen LogP contribution in [0.15, 0.2) is 66.1 Å². The van der Waals surface area contributed by atoms with Crippen molar-refractivity contribution < 1.29 is 10.3 Å². The molecule has 0 saturated heterocycles. The van der Waals surface area contributed by atoms with E-state index in [0.29, 0.717) is 15.3 Å². The van der Waals surface area contributed by atoms with Gasteiger partial charge in [-0.1, -0.05) is 46.9 Å². The monoisotopic (exact) mass is 505 g/mol. The van der Waals surface area contributed by atoms with E-state index in [1.54, 1.807) is 0 Å². The Morgan fingerprint density at radius 3 is 2.43 bits per heavy atom. The second kappa shape index (κ2) is 13.0. The van der Waals surface area contributed by atoms with Crippen molar-refractivity contribution in [2.24, 2.45) is 0 Å². The van der Waals surface area contributed by atoms with Crippen LogP contribution in [0.2, 0.25) is 15.1 Å². The van der Waals surface area contributed by atoms with Crippen LogP contribution in [0.4, 0.5) is 0 Å². The summed E-state index contributed by atoms with van der Waals surface area (Å²) in [6.45, 7) is 0.887. The first kappa shape index (κ1) is 24.7. The molecule has 1 atom stereocenters. The first-order chi connectivity index (χ1) is 14.3.